The van der Waals surface area contributed by atoms with Gasteiger partial charge in [0.2, 0.25) is 0 Å². The van der Waals surface area contributed by atoms with Gasteiger partial charge >= 0.3 is 11.9 Å². The summed E-state index contributed by atoms with van der Waals surface area (Å²) in [6.07, 6.45) is 34.6. The van der Waals surface area contributed by atoms with E-state index in [2.05, 4.69) is 13.8 Å². The second kappa shape index (κ2) is 33.4. The smallest absolute Gasteiger partial charge is 0.306 e. The van der Waals surface area contributed by atoms with Crippen LogP contribution in [0.15, 0.2) is 0 Å². The molecule has 0 spiro atoms. The molecule has 1 atom stereocenters. The van der Waals surface area contributed by atoms with Crippen LogP contribution >= 0.6 is 0 Å². The molecular weight excluding hydrogens is 512 g/mol. The molecule has 5 heteroatoms. The van der Waals surface area contributed by atoms with Crippen LogP contribution in [0.5, 0.6) is 0 Å². The maximum atomic E-state index is 12.1. The van der Waals surface area contributed by atoms with Crippen molar-refractivity contribution in [2.75, 3.05) is 13.2 Å². The quantitative estimate of drug-likeness (QED) is 0.0615. The zero-order chi connectivity index (χ0) is 30.1. The molecule has 0 aromatic carbocycles. The molecular formula is C36H70O5. The van der Waals surface area contributed by atoms with Crippen LogP contribution in [0.3, 0.4) is 0 Å². The number of aliphatic hydroxyl groups is 1. The number of ether oxygens (including phenoxy) is 2. The largest absolute Gasteiger partial charge is 0.462 e. The van der Waals surface area contributed by atoms with Crippen molar-refractivity contribution in [2.24, 2.45) is 0 Å². The molecule has 0 aliphatic carbocycles. The predicted octanol–water partition coefficient (Wildman–Crippen LogP) is 10.8. The third kappa shape index (κ3) is 31.7. The van der Waals surface area contributed by atoms with Gasteiger partial charge in [0.1, 0.15) is 6.61 Å². The van der Waals surface area contributed by atoms with E-state index in [9.17, 15) is 14.7 Å². The number of rotatable bonds is 33. The molecule has 0 saturated carbocycles. The SMILES string of the molecule is CCCCCCCCCCCCCCCCCCCCCC(=O)OC(CO)COC(=O)CCCCCCCCCC. The minimum atomic E-state index is -0.759. The van der Waals surface area contributed by atoms with Crippen molar-refractivity contribution in [1.29, 1.82) is 0 Å². The van der Waals surface area contributed by atoms with Crippen LogP contribution in [0.2, 0.25) is 0 Å². The van der Waals surface area contributed by atoms with E-state index in [0.717, 1.165) is 38.5 Å². The summed E-state index contributed by atoms with van der Waals surface area (Å²) in [5, 5.41) is 9.49. The van der Waals surface area contributed by atoms with Gasteiger partial charge in [-0.05, 0) is 12.8 Å². The molecule has 244 valence electrons. The van der Waals surface area contributed by atoms with Crippen molar-refractivity contribution in [3.8, 4) is 0 Å². The number of carbonyl (C=O) groups excluding carboxylic acids is 2. The minimum Gasteiger partial charge on any atom is -0.462 e. The maximum Gasteiger partial charge on any atom is 0.306 e. The number of hydrogen-bond acceptors (Lipinski definition) is 5. The Kier molecular flexibility index (Phi) is 32.5. The fourth-order valence-corrected chi connectivity index (χ4v) is 5.38. The highest BCUT2D eigenvalue weighted by Gasteiger charge is 2.16. The van der Waals surface area contributed by atoms with Gasteiger partial charge in [-0.3, -0.25) is 9.59 Å². The van der Waals surface area contributed by atoms with Crippen LogP contribution in [0.1, 0.15) is 200 Å². The molecule has 0 radical (unpaired) electrons. The molecule has 1 N–H and O–H groups in total. The highest BCUT2D eigenvalue weighted by molar-refractivity contribution is 5.70. The van der Waals surface area contributed by atoms with Gasteiger partial charge in [-0.2, -0.15) is 0 Å². The number of carbonyl (C=O) groups is 2. The van der Waals surface area contributed by atoms with Gasteiger partial charge in [0.25, 0.3) is 0 Å². The molecule has 5 nitrogen and oxygen atoms in total. The number of aliphatic hydroxyl groups excluding tert-OH is 1. The summed E-state index contributed by atoms with van der Waals surface area (Å²) in [6.45, 7) is 4.12. The second-order valence-electron chi connectivity index (χ2n) is 12.3. The first kappa shape index (κ1) is 39.9. The van der Waals surface area contributed by atoms with Crippen molar-refractivity contribution in [2.45, 2.75) is 206 Å². The lowest BCUT2D eigenvalue weighted by atomic mass is 10.0. The summed E-state index contributed by atoms with van der Waals surface area (Å²) in [5.41, 5.74) is 0. The topological polar surface area (TPSA) is 72.8 Å². The zero-order valence-corrected chi connectivity index (χ0v) is 27.6. The van der Waals surface area contributed by atoms with E-state index >= 15 is 0 Å². The third-order valence-corrected chi connectivity index (χ3v) is 8.15. The molecule has 0 aliphatic rings. The van der Waals surface area contributed by atoms with Crippen LogP contribution < -0.4 is 0 Å². The van der Waals surface area contributed by atoms with Crippen LogP contribution in [0, 0.1) is 0 Å². The third-order valence-electron chi connectivity index (χ3n) is 8.15. The lowest BCUT2D eigenvalue weighted by Crippen LogP contribution is -2.28. The van der Waals surface area contributed by atoms with Crippen molar-refractivity contribution >= 4 is 11.9 Å². The summed E-state index contributed by atoms with van der Waals surface area (Å²) >= 11 is 0. The molecule has 41 heavy (non-hydrogen) atoms. The Morgan fingerprint density at radius 2 is 0.756 bits per heavy atom. The number of unbranched alkanes of at least 4 members (excludes halogenated alkanes) is 25. The van der Waals surface area contributed by atoms with Crippen molar-refractivity contribution in [3.63, 3.8) is 0 Å². The lowest BCUT2D eigenvalue weighted by molar-refractivity contribution is -0.161. The summed E-state index contributed by atoms with van der Waals surface area (Å²) in [4.78, 5) is 24.0. The van der Waals surface area contributed by atoms with E-state index in [-0.39, 0.29) is 25.2 Å². The van der Waals surface area contributed by atoms with Gasteiger partial charge in [0, 0.05) is 12.8 Å². The van der Waals surface area contributed by atoms with E-state index in [1.54, 1.807) is 0 Å². The van der Waals surface area contributed by atoms with Crippen molar-refractivity contribution < 1.29 is 24.2 Å². The average molecular weight is 583 g/mol. The van der Waals surface area contributed by atoms with E-state index in [4.69, 9.17) is 9.47 Å². The Bertz CT molecular complexity index is 550. The molecule has 0 rings (SSSR count). The highest BCUT2D eigenvalue weighted by Crippen LogP contribution is 2.15. The van der Waals surface area contributed by atoms with Gasteiger partial charge in [0.15, 0.2) is 6.10 Å². The average Bonchev–Trinajstić information content (AvgIpc) is 2.97. The minimum absolute atomic E-state index is 0.0582. The molecule has 0 fully saturated rings. The Morgan fingerprint density at radius 1 is 0.463 bits per heavy atom. The Labute approximate surface area is 255 Å². The van der Waals surface area contributed by atoms with Gasteiger partial charge in [-0.1, -0.05) is 174 Å². The Morgan fingerprint density at radius 3 is 1.07 bits per heavy atom. The summed E-state index contributed by atoms with van der Waals surface area (Å²) in [7, 11) is 0. The van der Waals surface area contributed by atoms with E-state index in [1.807, 2.05) is 0 Å². The van der Waals surface area contributed by atoms with Crippen LogP contribution in [-0.4, -0.2) is 36.4 Å². The summed E-state index contributed by atoms with van der Waals surface area (Å²) in [5.74, 6) is -0.584. The standard InChI is InChI=1S/C36H70O5/c1-3-5-7-9-11-13-14-15-16-17-18-19-20-21-22-23-25-27-29-31-36(39)41-34(32-37)33-40-35(38)30-28-26-24-12-10-8-6-4-2/h34,37H,3-33H2,1-2H3. The Hall–Kier alpha value is -1.10. The fraction of sp³-hybridized carbons (Fsp3) is 0.944. The van der Waals surface area contributed by atoms with E-state index in [1.165, 1.54) is 135 Å². The number of hydrogen-bond donors (Lipinski definition) is 1. The lowest BCUT2D eigenvalue weighted by Gasteiger charge is -2.15. The number of esters is 2. The van der Waals surface area contributed by atoms with E-state index in [0.29, 0.717) is 12.8 Å². The fourth-order valence-electron chi connectivity index (χ4n) is 5.38. The summed E-state index contributed by atoms with van der Waals surface area (Å²) < 4.78 is 10.5. The van der Waals surface area contributed by atoms with Crippen LogP contribution in [0.25, 0.3) is 0 Å². The second-order valence-corrected chi connectivity index (χ2v) is 12.3. The first-order chi connectivity index (χ1) is 20.1. The van der Waals surface area contributed by atoms with Crippen LogP contribution in [0.4, 0.5) is 0 Å². The van der Waals surface area contributed by atoms with Crippen LogP contribution in [-0.2, 0) is 19.1 Å². The molecule has 0 saturated heterocycles. The highest BCUT2D eigenvalue weighted by atomic mass is 16.6. The Balaban J connectivity index is 3.46. The van der Waals surface area contributed by atoms with Gasteiger partial charge in [0.05, 0.1) is 6.61 Å². The van der Waals surface area contributed by atoms with Crippen molar-refractivity contribution in [3.05, 3.63) is 0 Å². The van der Waals surface area contributed by atoms with Gasteiger partial charge < -0.3 is 14.6 Å². The predicted molar refractivity (Wildman–Crippen MR) is 173 cm³/mol. The van der Waals surface area contributed by atoms with E-state index < -0.39 is 6.10 Å². The maximum absolute atomic E-state index is 12.1. The van der Waals surface area contributed by atoms with Gasteiger partial charge in [-0.15, -0.1) is 0 Å². The summed E-state index contributed by atoms with van der Waals surface area (Å²) in [6, 6.07) is 0. The normalized spacial score (nSPS) is 12.0. The monoisotopic (exact) mass is 583 g/mol. The zero-order valence-electron chi connectivity index (χ0n) is 27.6. The van der Waals surface area contributed by atoms with Gasteiger partial charge in [-0.25, -0.2) is 0 Å². The molecule has 0 aromatic heterocycles. The molecule has 0 amide bonds. The first-order valence-corrected chi connectivity index (χ1v) is 18.1. The molecule has 1 unspecified atom stereocenters. The molecule has 0 bridgehead atoms. The van der Waals surface area contributed by atoms with Crippen molar-refractivity contribution in [1.82, 2.24) is 0 Å². The first-order valence-electron chi connectivity index (χ1n) is 18.1. The molecule has 0 aromatic rings. The molecule has 0 aliphatic heterocycles. The molecule has 0 heterocycles.